The van der Waals surface area contributed by atoms with Crippen molar-refractivity contribution in [3.63, 3.8) is 0 Å². The van der Waals surface area contributed by atoms with Crippen molar-refractivity contribution in [1.82, 2.24) is 4.98 Å². The summed E-state index contributed by atoms with van der Waals surface area (Å²) in [5.74, 6) is 0.972. The van der Waals surface area contributed by atoms with Gasteiger partial charge in [0.05, 0.1) is 18.6 Å². The first-order chi connectivity index (χ1) is 7.17. The van der Waals surface area contributed by atoms with Crippen molar-refractivity contribution in [3.05, 3.63) is 23.9 Å². The first-order valence-electron chi connectivity index (χ1n) is 4.74. The van der Waals surface area contributed by atoms with Gasteiger partial charge in [-0.2, -0.15) is 0 Å². The van der Waals surface area contributed by atoms with Gasteiger partial charge in [0.1, 0.15) is 0 Å². The van der Waals surface area contributed by atoms with Gasteiger partial charge in [-0.25, -0.2) is 4.98 Å². The second-order valence-corrected chi connectivity index (χ2v) is 5.10. The highest BCUT2D eigenvalue weighted by Gasteiger charge is 2.10. The van der Waals surface area contributed by atoms with Crippen LogP contribution in [0.3, 0.4) is 0 Å². The van der Waals surface area contributed by atoms with Crippen molar-refractivity contribution in [3.8, 4) is 5.88 Å². The Morgan fingerprint density at radius 1 is 1.60 bits per heavy atom. The highest BCUT2D eigenvalue weighted by atomic mass is 32.2. The van der Waals surface area contributed by atoms with E-state index >= 15 is 0 Å². The van der Waals surface area contributed by atoms with E-state index in [9.17, 15) is 4.21 Å². The summed E-state index contributed by atoms with van der Waals surface area (Å²) >= 11 is 0. The minimum absolute atomic E-state index is 0.00185. The predicted molar refractivity (Wildman–Crippen MR) is 61.2 cm³/mol. The molecule has 4 nitrogen and oxygen atoms in total. The zero-order chi connectivity index (χ0) is 11.3. The molecule has 0 bridgehead atoms. The molecule has 5 heteroatoms. The lowest BCUT2D eigenvalue weighted by atomic mass is 10.4. The Morgan fingerprint density at radius 2 is 2.33 bits per heavy atom. The molecule has 0 saturated heterocycles. The van der Waals surface area contributed by atoms with E-state index in [1.807, 2.05) is 19.1 Å². The van der Waals surface area contributed by atoms with Crippen LogP contribution < -0.4 is 10.5 Å². The fourth-order valence-electron chi connectivity index (χ4n) is 1.05. The third kappa shape index (κ3) is 3.60. The summed E-state index contributed by atoms with van der Waals surface area (Å²) in [5, 5.41) is -0.00185. The quantitative estimate of drug-likeness (QED) is 0.805. The van der Waals surface area contributed by atoms with E-state index in [2.05, 4.69) is 4.98 Å². The third-order valence-electron chi connectivity index (χ3n) is 2.06. The average molecular weight is 228 g/mol. The molecule has 0 aromatic carbocycles. The molecule has 0 saturated carbocycles. The molecule has 0 amide bonds. The van der Waals surface area contributed by atoms with Crippen LogP contribution in [0.4, 0.5) is 0 Å². The van der Waals surface area contributed by atoms with Crippen molar-refractivity contribution in [2.75, 3.05) is 13.7 Å². The molecule has 0 aliphatic rings. The van der Waals surface area contributed by atoms with E-state index in [1.54, 1.807) is 13.2 Å². The van der Waals surface area contributed by atoms with E-state index in [4.69, 9.17) is 10.5 Å². The van der Waals surface area contributed by atoms with Gasteiger partial charge in [-0.3, -0.25) is 4.21 Å². The van der Waals surface area contributed by atoms with Crippen LogP contribution in [0, 0.1) is 0 Å². The van der Waals surface area contributed by atoms with Crippen molar-refractivity contribution in [2.45, 2.75) is 17.9 Å². The zero-order valence-corrected chi connectivity index (χ0v) is 9.79. The molecule has 0 aliphatic heterocycles. The number of aromatic nitrogens is 1. The standard InChI is InChI=1S/C10H16N2O2S/c1-8(6-11)15(13)7-9-4-3-5-10(12-9)14-2/h3-5,8H,6-7,11H2,1-2H3. The molecule has 15 heavy (non-hydrogen) atoms. The maximum atomic E-state index is 11.7. The summed E-state index contributed by atoms with van der Waals surface area (Å²) in [4.78, 5) is 4.19. The van der Waals surface area contributed by atoms with Crippen LogP contribution in [0.15, 0.2) is 18.2 Å². The van der Waals surface area contributed by atoms with Gasteiger partial charge < -0.3 is 10.5 Å². The normalized spacial score (nSPS) is 14.6. The highest BCUT2D eigenvalue weighted by molar-refractivity contribution is 7.84. The van der Waals surface area contributed by atoms with E-state index in [0.717, 1.165) is 5.69 Å². The lowest BCUT2D eigenvalue weighted by molar-refractivity contribution is 0.397. The number of methoxy groups -OCH3 is 1. The van der Waals surface area contributed by atoms with Crippen LogP contribution in [0.5, 0.6) is 5.88 Å². The van der Waals surface area contributed by atoms with Gasteiger partial charge in [0, 0.05) is 28.7 Å². The van der Waals surface area contributed by atoms with Crippen LogP contribution in [0.25, 0.3) is 0 Å². The van der Waals surface area contributed by atoms with Gasteiger partial charge in [0.15, 0.2) is 0 Å². The van der Waals surface area contributed by atoms with Crippen LogP contribution in [0.1, 0.15) is 12.6 Å². The number of nitrogens with zero attached hydrogens (tertiary/aromatic N) is 1. The molecule has 2 unspecified atom stereocenters. The van der Waals surface area contributed by atoms with Crippen molar-refractivity contribution in [2.24, 2.45) is 5.73 Å². The Morgan fingerprint density at radius 3 is 2.93 bits per heavy atom. The average Bonchev–Trinajstić information content (AvgIpc) is 2.28. The fraction of sp³-hybridized carbons (Fsp3) is 0.500. The summed E-state index contributed by atoms with van der Waals surface area (Å²) < 4.78 is 16.7. The molecule has 1 heterocycles. The maximum absolute atomic E-state index is 11.7. The minimum Gasteiger partial charge on any atom is -0.481 e. The van der Waals surface area contributed by atoms with Gasteiger partial charge in [0.2, 0.25) is 5.88 Å². The first-order valence-corrected chi connectivity index (χ1v) is 6.12. The SMILES string of the molecule is COc1cccc(CS(=O)C(C)CN)n1. The van der Waals surface area contributed by atoms with E-state index in [1.165, 1.54) is 0 Å². The molecule has 0 aliphatic carbocycles. The van der Waals surface area contributed by atoms with Gasteiger partial charge in [-0.05, 0) is 13.0 Å². The fourth-order valence-corrected chi connectivity index (χ4v) is 2.00. The second kappa shape index (κ2) is 5.82. The first kappa shape index (κ1) is 12.1. The predicted octanol–water partition coefficient (Wildman–Crippen LogP) is 0.686. The minimum atomic E-state index is -0.969. The molecule has 1 rings (SSSR count). The van der Waals surface area contributed by atoms with Crippen LogP contribution in [-0.2, 0) is 16.6 Å². The van der Waals surface area contributed by atoms with Crippen molar-refractivity contribution in [1.29, 1.82) is 0 Å². The molecule has 1 aromatic rings. The lowest BCUT2D eigenvalue weighted by Crippen LogP contribution is -2.23. The summed E-state index contributed by atoms with van der Waals surface area (Å²) in [7, 11) is 0.592. The molecule has 0 radical (unpaired) electrons. The smallest absolute Gasteiger partial charge is 0.213 e. The zero-order valence-electron chi connectivity index (χ0n) is 8.97. The number of nitrogens with two attached hydrogens (primary N) is 1. The topological polar surface area (TPSA) is 65.2 Å². The van der Waals surface area contributed by atoms with Gasteiger partial charge >= 0.3 is 0 Å². The Labute approximate surface area is 92.3 Å². The number of pyridine rings is 1. The molecule has 2 atom stereocenters. The monoisotopic (exact) mass is 228 g/mol. The molecule has 0 spiro atoms. The van der Waals surface area contributed by atoms with Crippen molar-refractivity contribution >= 4 is 10.8 Å². The van der Waals surface area contributed by atoms with Crippen LogP contribution >= 0.6 is 0 Å². The van der Waals surface area contributed by atoms with Crippen LogP contribution in [-0.4, -0.2) is 28.1 Å². The summed E-state index contributed by atoms with van der Waals surface area (Å²) in [6.45, 7) is 2.30. The second-order valence-electron chi connectivity index (χ2n) is 3.24. The summed E-state index contributed by atoms with van der Waals surface area (Å²) in [5.41, 5.74) is 6.22. The highest BCUT2D eigenvalue weighted by Crippen LogP contribution is 2.09. The Hall–Kier alpha value is -0.940. The van der Waals surface area contributed by atoms with Gasteiger partial charge in [-0.1, -0.05) is 6.07 Å². The Bertz CT molecular complexity index is 344. The molecule has 1 aromatic heterocycles. The Balaban J connectivity index is 2.68. The number of rotatable bonds is 5. The molecule has 84 valence electrons. The molecule has 2 N–H and O–H groups in total. The van der Waals surface area contributed by atoms with Gasteiger partial charge in [-0.15, -0.1) is 0 Å². The van der Waals surface area contributed by atoms with Crippen LogP contribution in [0.2, 0.25) is 0 Å². The van der Waals surface area contributed by atoms with E-state index in [-0.39, 0.29) is 5.25 Å². The number of hydrogen-bond donors (Lipinski definition) is 1. The lowest BCUT2D eigenvalue weighted by Gasteiger charge is -2.08. The summed E-state index contributed by atoms with van der Waals surface area (Å²) in [6.07, 6.45) is 0. The van der Waals surface area contributed by atoms with E-state index in [0.29, 0.717) is 18.2 Å². The number of hydrogen-bond acceptors (Lipinski definition) is 4. The summed E-state index contributed by atoms with van der Waals surface area (Å²) in [6, 6.07) is 5.44. The molecular formula is C10H16N2O2S. The van der Waals surface area contributed by atoms with Gasteiger partial charge in [0.25, 0.3) is 0 Å². The largest absolute Gasteiger partial charge is 0.481 e. The third-order valence-corrected chi connectivity index (χ3v) is 3.73. The van der Waals surface area contributed by atoms with E-state index < -0.39 is 10.8 Å². The van der Waals surface area contributed by atoms with Crippen molar-refractivity contribution < 1.29 is 8.95 Å². The molecule has 0 fully saturated rings. The molecular weight excluding hydrogens is 212 g/mol. The Kier molecular flexibility index (Phi) is 4.71. The number of ether oxygens (including phenoxy) is 1. The maximum Gasteiger partial charge on any atom is 0.213 e.